The monoisotopic (exact) mass is 196 g/mol. The van der Waals surface area contributed by atoms with E-state index in [1.165, 1.54) is 0 Å². The van der Waals surface area contributed by atoms with Crippen LogP contribution in [0.15, 0.2) is 12.3 Å². The number of nitrogens with zero attached hydrogens (tertiary/aromatic N) is 3. The van der Waals surface area contributed by atoms with Crippen LogP contribution in [0.4, 0.5) is 0 Å². The van der Waals surface area contributed by atoms with Gasteiger partial charge in [-0.2, -0.15) is 0 Å². The van der Waals surface area contributed by atoms with E-state index in [-0.39, 0.29) is 0 Å². The normalized spacial score (nSPS) is 11.0. The van der Waals surface area contributed by atoms with Gasteiger partial charge in [0.15, 0.2) is 0 Å². The molecule has 68 valence electrons. The number of aryl methyl sites for hydroxylation is 1. The van der Waals surface area contributed by atoms with Crippen LogP contribution in [-0.2, 0) is 6.54 Å². The first-order chi connectivity index (χ1) is 6.24. The molecule has 0 saturated carbocycles. The molecule has 0 radical (unpaired) electrons. The van der Waals surface area contributed by atoms with Gasteiger partial charge in [0.1, 0.15) is 5.15 Å². The van der Waals surface area contributed by atoms with Crippen molar-refractivity contribution in [3.63, 3.8) is 0 Å². The van der Waals surface area contributed by atoms with Crippen LogP contribution in [0.25, 0.3) is 5.78 Å². The van der Waals surface area contributed by atoms with Gasteiger partial charge in [-0.15, -0.1) is 0 Å². The van der Waals surface area contributed by atoms with Crippen molar-refractivity contribution in [2.75, 3.05) is 0 Å². The maximum Gasteiger partial charge on any atom is 0.235 e. The Morgan fingerprint density at radius 2 is 2.38 bits per heavy atom. The number of nitrogens with two attached hydrogens (primary N) is 1. The van der Waals surface area contributed by atoms with Crippen LogP contribution in [0, 0.1) is 6.92 Å². The summed E-state index contributed by atoms with van der Waals surface area (Å²) in [5.41, 5.74) is 7.37. The number of aromatic nitrogens is 3. The van der Waals surface area contributed by atoms with E-state index in [1.54, 1.807) is 16.7 Å². The number of rotatable bonds is 1. The molecule has 0 saturated heterocycles. The zero-order valence-corrected chi connectivity index (χ0v) is 7.91. The van der Waals surface area contributed by atoms with Gasteiger partial charge in [0.2, 0.25) is 5.78 Å². The third-order valence-corrected chi connectivity index (χ3v) is 2.26. The average molecular weight is 197 g/mol. The maximum atomic E-state index is 5.98. The van der Waals surface area contributed by atoms with Gasteiger partial charge in [-0.1, -0.05) is 11.6 Å². The fourth-order valence-electron chi connectivity index (χ4n) is 1.34. The highest BCUT2D eigenvalue weighted by molar-refractivity contribution is 6.29. The SMILES string of the molecule is Cc1nc2nccc(Cl)n2c1CN. The summed E-state index contributed by atoms with van der Waals surface area (Å²) in [6, 6.07) is 1.72. The van der Waals surface area contributed by atoms with Crippen LogP contribution >= 0.6 is 11.6 Å². The fourth-order valence-corrected chi connectivity index (χ4v) is 1.57. The van der Waals surface area contributed by atoms with Gasteiger partial charge in [0.05, 0.1) is 11.4 Å². The molecule has 0 unspecified atom stereocenters. The number of halogens is 1. The van der Waals surface area contributed by atoms with Crippen molar-refractivity contribution < 1.29 is 0 Å². The topological polar surface area (TPSA) is 56.2 Å². The number of fused-ring (bicyclic) bond motifs is 1. The molecule has 2 aromatic rings. The lowest BCUT2D eigenvalue weighted by Gasteiger charge is -2.00. The largest absolute Gasteiger partial charge is 0.325 e. The molecule has 2 heterocycles. The predicted molar refractivity (Wildman–Crippen MR) is 50.6 cm³/mol. The Bertz CT molecular complexity index is 449. The van der Waals surface area contributed by atoms with E-state index in [0.29, 0.717) is 17.5 Å². The second-order valence-electron chi connectivity index (χ2n) is 2.75. The van der Waals surface area contributed by atoms with Gasteiger partial charge in [0, 0.05) is 12.7 Å². The van der Waals surface area contributed by atoms with Crippen molar-refractivity contribution in [2.24, 2.45) is 5.73 Å². The quantitative estimate of drug-likeness (QED) is 0.697. The van der Waals surface area contributed by atoms with Crippen LogP contribution in [-0.4, -0.2) is 14.4 Å². The van der Waals surface area contributed by atoms with Crippen LogP contribution in [0.5, 0.6) is 0 Å². The second kappa shape index (κ2) is 2.97. The molecule has 2 aromatic heterocycles. The van der Waals surface area contributed by atoms with E-state index in [0.717, 1.165) is 11.4 Å². The molecule has 0 amide bonds. The third kappa shape index (κ3) is 1.18. The number of hydrogen-bond donors (Lipinski definition) is 1. The van der Waals surface area contributed by atoms with Gasteiger partial charge in [-0.05, 0) is 13.0 Å². The Labute approximate surface area is 80.4 Å². The highest BCUT2D eigenvalue weighted by atomic mass is 35.5. The summed E-state index contributed by atoms with van der Waals surface area (Å²) in [4.78, 5) is 8.32. The minimum Gasteiger partial charge on any atom is -0.325 e. The van der Waals surface area contributed by atoms with Gasteiger partial charge in [-0.3, -0.25) is 4.40 Å². The molecule has 0 aromatic carbocycles. The Morgan fingerprint density at radius 3 is 3.08 bits per heavy atom. The summed E-state index contributed by atoms with van der Waals surface area (Å²) in [5.74, 6) is 0.602. The smallest absolute Gasteiger partial charge is 0.235 e. The van der Waals surface area contributed by atoms with Crippen LogP contribution in [0.2, 0.25) is 5.15 Å². The first-order valence-electron chi connectivity index (χ1n) is 3.92. The van der Waals surface area contributed by atoms with Crippen molar-refractivity contribution in [2.45, 2.75) is 13.5 Å². The Morgan fingerprint density at radius 1 is 1.62 bits per heavy atom. The standard InChI is InChI=1S/C8H9ClN4/c1-5-6(4-10)13-7(9)2-3-11-8(13)12-5/h2-3H,4,10H2,1H3. The zero-order chi connectivity index (χ0) is 9.42. The molecule has 0 bridgehead atoms. The van der Waals surface area contributed by atoms with E-state index in [4.69, 9.17) is 17.3 Å². The van der Waals surface area contributed by atoms with E-state index < -0.39 is 0 Å². The van der Waals surface area contributed by atoms with E-state index in [1.807, 2.05) is 6.92 Å². The summed E-state index contributed by atoms with van der Waals surface area (Å²) < 4.78 is 1.76. The van der Waals surface area contributed by atoms with E-state index in [2.05, 4.69) is 9.97 Å². The molecular formula is C8H9ClN4. The summed E-state index contributed by atoms with van der Waals surface area (Å²) >= 11 is 5.98. The van der Waals surface area contributed by atoms with Gasteiger partial charge in [0.25, 0.3) is 0 Å². The second-order valence-corrected chi connectivity index (χ2v) is 3.14. The first kappa shape index (κ1) is 8.47. The molecule has 0 aliphatic carbocycles. The summed E-state index contributed by atoms with van der Waals surface area (Å²) in [5, 5.41) is 0.589. The molecule has 0 aliphatic rings. The fraction of sp³-hybridized carbons (Fsp3) is 0.250. The Balaban J connectivity index is 2.88. The summed E-state index contributed by atoms with van der Waals surface area (Å²) in [6.07, 6.45) is 1.63. The van der Waals surface area contributed by atoms with Gasteiger partial charge in [-0.25, -0.2) is 9.97 Å². The van der Waals surface area contributed by atoms with Gasteiger partial charge >= 0.3 is 0 Å². The van der Waals surface area contributed by atoms with E-state index in [9.17, 15) is 0 Å². The van der Waals surface area contributed by atoms with Gasteiger partial charge < -0.3 is 5.73 Å². The minimum atomic E-state index is 0.415. The zero-order valence-electron chi connectivity index (χ0n) is 7.16. The first-order valence-corrected chi connectivity index (χ1v) is 4.30. The summed E-state index contributed by atoms with van der Waals surface area (Å²) in [7, 11) is 0. The molecule has 0 fully saturated rings. The lowest BCUT2D eigenvalue weighted by atomic mass is 10.3. The van der Waals surface area contributed by atoms with Crippen molar-refractivity contribution >= 4 is 17.4 Å². The number of imidazole rings is 1. The number of hydrogen-bond acceptors (Lipinski definition) is 3. The highest BCUT2D eigenvalue weighted by Gasteiger charge is 2.09. The van der Waals surface area contributed by atoms with Crippen molar-refractivity contribution in [1.29, 1.82) is 0 Å². The van der Waals surface area contributed by atoms with Crippen molar-refractivity contribution in [1.82, 2.24) is 14.4 Å². The van der Waals surface area contributed by atoms with Crippen LogP contribution < -0.4 is 5.73 Å². The molecular weight excluding hydrogens is 188 g/mol. The lowest BCUT2D eigenvalue weighted by Crippen LogP contribution is -2.03. The molecule has 0 atom stereocenters. The Hall–Kier alpha value is -1.13. The summed E-state index contributed by atoms with van der Waals surface area (Å²) in [6.45, 7) is 2.31. The molecule has 4 nitrogen and oxygen atoms in total. The highest BCUT2D eigenvalue weighted by Crippen LogP contribution is 2.15. The van der Waals surface area contributed by atoms with Crippen LogP contribution in [0.3, 0.4) is 0 Å². The Kier molecular flexibility index (Phi) is 1.94. The average Bonchev–Trinajstić information content (AvgIpc) is 2.42. The molecule has 13 heavy (non-hydrogen) atoms. The van der Waals surface area contributed by atoms with Crippen molar-refractivity contribution in [3.8, 4) is 0 Å². The molecule has 0 aliphatic heterocycles. The molecule has 2 N–H and O–H groups in total. The lowest BCUT2D eigenvalue weighted by molar-refractivity contribution is 0.935. The third-order valence-electron chi connectivity index (χ3n) is 1.96. The minimum absolute atomic E-state index is 0.415. The van der Waals surface area contributed by atoms with Crippen LogP contribution in [0.1, 0.15) is 11.4 Å². The van der Waals surface area contributed by atoms with E-state index >= 15 is 0 Å². The molecule has 2 rings (SSSR count). The molecule has 5 heteroatoms. The predicted octanol–water partition coefficient (Wildman–Crippen LogP) is 1.15. The van der Waals surface area contributed by atoms with Crippen molar-refractivity contribution in [3.05, 3.63) is 28.8 Å². The molecule has 0 spiro atoms. The maximum absolute atomic E-state index is 5.98.